The lowest BCUT2D eigenvalue weighted by Gasteiger charge is -2.41. The molecular formula is C20H22N4O4. The van der Waals surface area contributed by atoms with Crippen LogP contribution < -0.4 is 10.6 Å². The van der Waals surface area contributed by atoms with Gasteiger partial charge < -0.3 is 10.6 Å². The molecule has 28 heavy (non-hydrogen) atoms. The first-order chi connectivity index (χ1) is 13.4. The topological polar surface area (TPSA) is 105 Å². The van der Waals surface area contributed by atoms with E-state index in [1.54, 1.807) is 6.92 Å². The van der Waals surface area contributed by atoms with Crippen LogP contribution in [0, 0.1) is 17.0 Å². The molecule has 8 heteroatoms. The number of non-ortho nitro benzene ring substituents is 1. The van der Waals surface area contributed by atoms with Crippen molar-refractivity contribution in [3.63, 3.8) is 0 Å². The smallest absolute Gasteiger partial charge is 0.313 e. The maximum atomic E-state index is 12.1. The summed E-state index contributed by atoms with van der Waals surface area (Å²) in [5.41, 5.74) is 1.95. The van der Waals surface area contributed by atoms with Gasteiger partial charge in [-0.1, -0.05) is 36.4 Å². The Labute approximate surface area is 162 Å². The van der Waals surface area contributed by atoms with Crippen LogP contribution >= 0.6 is 0 Å². The second-order valence-electron chi connectivity index (χ2n) is 6.82. The van der Waals surface area contributed by atoms with E-state index in [1.165, 1.54) is 23.8 Å². The third-order valence-electron chi connectivity index (χ3n) is 4.88. The first-order valence-corrected chi connectivity index (χ1v) is 9.06. The van der Waals surface area contributed by atoms with E-state index < -0.39 is 16.7 Å². The summed E-state index contributed by atoms with van der Waals surface area (Å²) >= 11 is 0. The Hall–Kier alpha value is -3.26. The van der Waals surface area contributed by atoms with Crippen LogP contribution in [0.15, 0.2) is 48.5 Å². The van der Waals surface area contributed by atoms with Crippen molar-refractivity contribution in [3.8, 4) is 0 Å². The minimum absolute atomic E-state index is 0.146. The number of nitrogens with one attached hydrogen (secondary N) is 2. The van der Waals surface area contributed by atoms with E-state index in [2.05, 4.69) is 27.7 Å². The zero-order valence-electron chi connectivity index (χ0n) is 15.6. The number of nitro groups is 1. The third kappa shape index (κ3) is 4.72. The molecule has 0 radical (unpaired) electrons. The number of benzene rings is 2. The van der Waals surface area contributed by atoms with Gasteiger partial charge in [-0.3, -0.25) is 24.6 Å². The number of amides is 2. The number of likely N-dealkylation sites (tertiary alicyclic amines) is 1. The van der Waals surface area contributed by atoms with Gasteiger partial charge in [0.1, 0.15) is 0 Å². The van der Waals surface area contributed by atoms with Crippen LogP contribution in [-0.4, -0.2) is 40.8 Å². The van der Waals surface area contributed by atoms with Gasteiger partial charge >= 0.3 is 11.8 Å². The van der Waals surface area contributed by atoms with Gasteiger partial charge in [-0.15, -0.1) is 0 Å². The monoisotopic (exact) mass is 382 g/mol. The summed E-state index contributed by atoms with van der Waals surface area (Å²) in [4.78, 5) is 36.8. The molecule has 1 fully saturated rings. The number of hydrogen-bond donors (Lipinski definition) is 2. The predicted octanol–water partition coefficient (Wildman–Crippen LogP) is 2.23. The van der Waals surface area contributed by atoms with Crippen LogP contribution in [-0.2, 0) is 16.1 Å². The lowest BCUT2D eigenvalue weighted by molar-refractivity contribution is -0.384. The van der Waals surface area contributed by atoms with Crippen LogP contribution in [0.3, 0.4) is 0 Å². The predicted molar refractivity (Wildman–Crippen MR) is 105 cm³/mol. The van der Waals surface area contributed by atoms with Crippen molar-refractivity contribution < 1.29 is 14.5 Å². The maximum Gasteiger partial charge on any atom is 0.313 e. The van der Waals surface area contributed by atoms with Crippen LogP contribution in [0.25, 0.3) is 0 Å². The molecule has 0 saturated carbocycles. The van der Waals surface area contributed by atoms with Crippen LogP contribution in [0.1, 0.15) is 17.5 Å². The fourth-order valence-electron chi connectivity index (χ4n) is 3.08. The van der Waals surface area contributed by atoms with Gasteiger partial charge in [0.05, 0.1) is 10.6 Å². The first-order valence-electron chi connectivity index (χ1n) is 9.06. The standard InChI is InChI=1S/C20H22N4O4/c1-14-7-8-16(24(27)28)11-18(14)22-20(26)19(25)21-12-17-9-10-23(17)13-15-5-3-2-4-6-15/h2-8,11,17H,9-10,12-13H2,1H3,(H,21,25)(H,22,26). The quantitative estimate of drug-likeness (QED) is 0.453. The molecule has 146 valence electrons. The van der Waals surface area contributed by atoms with E-state index in [0.717, 1.165) is 19.5 Å². The molecule has 1 aliphatic heterocycles. The Bertz CT molecular complexity index is 885. The number of carbonyl (C=O) groups excluding carboxylic acids is 2. The Kier molecular flexibility index (Phi) is 6.00. The molecule has 1 saturated heterocycles. The summed E-state index contributed by atoms with van der Waals surface area (Å²) in [6.07, 6.45) is 0.957. The maximum absolute atomic E-state index is 12.1. The number of carbonyl (C=O) groups is 2. The van der Waals surface area contributed by atoms with Gasteiger partial charge in [0, 0.05) is 37.8 Å². The van der Waals surface area contributed by atoms with Crippen molar-refractivity contribution in [2.45, 2.75) is 25.9 Å². The van der Waals surface area contributed by atoms with Gasteiger partial charge in [-0.25, -0.2) is 0 Å². The molecule has 2 N–H and O–H groups in total. The average molecular weight is 382 g/mol. The molecular weight excluding hydrogens is 360 g/mol. The van der Waals surface area contributed by atoms with Gasteiger partial charge in [0.25, 0.3) is 5.69 Å². The number of aryl methyl sites for hydroxylation is 1. The molecule has 2 aromatic rings. The van der Waals surface area contributed by atoms with Crippen molar-refractivity contribution >= 4 is 23.2 Å². The number of hydrogen-bond acceptors (Lipinski definition) is 5. The second kappa shape index (κ2) is 8.62. The normalized spacial score (nSPS) is 16.1. The largest absolute Gasteiger partial charge is 0.346 e. The number of rotatable bonds is 6. The van der Waals surface area contributed by atoms with Crippen LogP contribution in [0.4, 0.5) is 11.4 Å². The number of nitro benzene ring substituents is 1. The van der Waals surface area contributed by atoms with Crippen LogP contribution in [0.5, 0.6) is 0 Å². The molecule has 1 unspecified atom stereocenters. The molecule has 3 rings (SSSR count). The van der Waals surface area contributed by atoms with E-state index in [4.69, 9.17) is 0 Å². The summed E-state index contributed by atoms with van der Waals surface area (Å²) in [6, 6.07) is 14.4. The highest BCUT2D eigenvalue weighted by Gasteiger charge is 2.28. The Morgan fingerprint density at radius 2 is 1.93 bits per heavy atom. The highest BCUT2D eigenvalue weighted by atomic mass is 16.6. The van der Waals surface area contributed by atoms with Crippen molar-refractivity contribution in [2.75, 3.05) is 18.4 Å². The van der Waals surface area contributed by atoms with Crippen molar-refractivity contribution in [1.82, 2.24) is 10.2 Å². The molecule has 8 nitrogen and oxygen atoms in total. The summed E-state index contributed by atoms with van der Waals surface area (Å²) in [7, 11) is 0. The number of nitrogens with zero attached hydrogens (tertiary/aromatic N) is 2. The lowest BCUT2D eigenvalue weighted by Crippen LogP contribution is -2.53. The summed E-state index contributed by atoms with van der Waals surface area (Å²) in [5, 5.41) is 16.0. The van der Waals surface area contributed by atoms with E-state index in [9.17, 15) is 19.7 Å². The Morgan fingerprint density at radius 1 is 1.18 bits per heavy atom. The summed E-state index contributed by atoms with van der Waals surface area (Å²) in [5.74, 6) is -1.59. The molecule has 0 aliphatic carbocycles. The van der Waals surface area contributed by atoms with Gasteiger partial charge in [0.15, 0.2) is 0 Å². The van der Waals surface area contributed by atoms with E-state index in [1.807, 2.05) is 18.2 Å². The zero-order chi connectivity index (χ0) is 20.1. The lowest BCUT2D eigenvalue weighted by atomic mass is 10.0. The fourth-order valence-corrected chi connectivity index (χ4v) is 3.08. The van der Waals surface area contributed by atoms with Crippen LogP contribution in [0.2, 0.25) is 0 Å². The third-order valence-corrected chi connectivity index (χ3v) is 4.88. The van der Waals surface area contributed by atoms with E-state index in [0.29, 0.717) is 12.1 Å². The second-order valence-corrected chi connectivity index (χ2v) is 6.82. The van der Waals surface area contributed by atoms with E-state index in [-0.39, 0.29) is 17.4 Å². The highest BCUT2D eigenvalue weighted by Crippen LogP contribution is 2.22. The van der Waals surface area contributed by atoms with Crippen molar-refractivity contribution in [2.24, 2.45) is 0 Å². The Balaban J connectivity index is 1.50. The molecule has 1 aliphatic rings. The van der Waals surface area contributed by atoms with Gasteiger partial charge in [0.2, 0.25) is 0 Å². The van der Waals surface area contributed by atoms with E-state index >= 15 is 0 Å². The van der Waals surface area contributed by atoms with Gasteiger partial charge in [-0.2, -0.15) is 0 Å². The first kappa shape index (κ1) is 19.5. The molecule has 1 heterocycles. The minimum atomic E-state index is -0.836. The molecule has 0 bridgehead atoms. The SMILES string of the molecule is Cc1ccc([N+](=O)[O-])cc1NC(=O)C(=O)NCC1CCN1Cc1ccccc1. The average Bonchev–Trinajstić information content (AvgIpc) is 2.67. The minimum Gasteiger partial charge on any atom is -0.346 e. The molecule has 0 aromatic heterocycles. The van der Waals surface area contributed by atoms with Crippen molar-refractivity contribution in [3.05, 3.63) is 69.8 Å². The zero-order valence-corrected chi connectivity index (χ0v) is 15.6. The molecule has 1 atom stereocenters. The summed E-state index contributed by atoms with van der Waals surface area (Å²) < 4.78 is 0. The molecule has 0 spiro atoms. The summed E-state index contributed by atoms with van der Waals surface area (Å²) in [6.45, 7) is 3.84. The Morgan fingerprint density at radius 3 is 2.57 bits per heavy atom. The molecule has 2 aromatic carbocycles. The molecule has 2 amide bonds. The number of anilines is 1. The van der Waals surface area contributed by atoms with Gasteiger partial charge in [-0.05, 0) is 24.5 Å². The highest BCUT2D eigenvalue weighted by molar-refractivity contribution is 6.39. The van der Waals surface area contributed by atoms with Crippen molar-refractivity contribution in [1.29, 1.82) is 0 Å². The fraction of sp³-hybridized carbons (Fsp3) is 0.300.